The summed E-state index contributed by atoms with van der Waals surface area (Å²) in [5, 5.41) is 6.01. The summed E-state index contributed by atoms with van der Waals surface area (Å²) in [5.74, 6) is 0.448. The molecule has 132 valence electrons. The SMILES string of the molecule is CC(=O)c1cccc(NC(=O)c2ccc(NCCCN(C)C)nc2)c1. The molecule has 2 N–H and O–H groups in total. The Labute approximate surface area is 148 Å². The number of carbonyl (C=O) groups is 2. The molecule has 0 atom stereocenters. The zero-order chi connectivity index (χ0) is 18.2. The van der Waals surface area contributed by atoms with Crippen molar-refractivity contribution in [3.8, 4) is 0 Å². The van der Waals surface area contributed by atoms with Crippen LogP contribution in [-0.2, 0) is 0 Å². The van der Waals surface area contributed by atoms with Crippen LogP contribution in [0.2, 0.25) is 0 Å². The Morgan fingerprint density at radius 3 is 2.56 bits per heavy atom. The van der Waals surface area contributed by atoms with Gasteiger partial charge in [0.15, 0.2) is 5.78 Å². The molecule has 1 aromatic heterocycles. The second-order valence-corrected chi connectivity index (χ2v) is 6.11. The van der Waals surface area contributed by atoms with Gasteiger partial charge in [0.25, 0.3) is 5.91 Å². The summed E-state index contributed by atoms with van der Waals surface area (Å²) in [6, 6.07) is 10.4. The fraction of sp³-hybridized carbons (Fsp3) is 0.316. The van der Waals surface area contributed by atoms with Gasteiger partial charge < -0.3 is 15.5 Å². The molecular weight excluding hydrogens is 316 g/mol. The van der Waals surface area contributed by atoms with E-state index in [2.05, 4.69) is 20.5 Å². The van der Waals surface area contributed by atoms with Gasteiger partial charge in [-0.15, -0.1) is 0 Å². The van der Waals surface area contributed by atoms with Gasteiger partial charge in [0.05, 0.1) is 5.56 Å². The topological polar surface area (TPSA) is 74.3 Å². The Morgan fingerprint density at radius 1 is 1.12 bits per heavy atom. The molecule has 2 rings (SSSR count). The second kappa shape index (κ2) is 8.94. The van der Waals surface area contributed by atoms with Crippen LogP contribution in [0.3, 0.4) is 0 Å². The van der Waals surface area contributed by atoms with E-state index in [0.29, 0.717) is 16.8 Å². The van der Waals surface area contributed by atoms with Crippen molar-refractivity contribution in [2.75, 3.05) is 37.8 Å². The van der Waals surface area contributed by atoms with E-state index in [4.69, 9.17) is 0 Å². The third-order valence-electron chi connectivity index (χ3n) is 3.64. The molecule has 0 unspecified atom stereocenters. The molecule has 25 heavy (non-hydrogen) atoms. The van der Waals surface area contributed by atoms with Gasteiger partial charge in [0.2, 0.25) is 0 Å². The van der Waals surface area contributed by atoms with Crippen LogP contribution in [0.5, 0.6) is 0 Å². The zero-order valence-electron chi connectivity index (χ0n) is 14.9. The molecule has 0 saturated carbocycles. The minimum Gasteiger partial charge on any atom is -0.370 e. The maximum Gasteiger partial charge on any atom is 0.257 e. The lowest BCUT2D eigenvalue weighted by Crippen LogP contribution is -2.17. The molecule has 0 aliphatic rings. The first-order valence-electron chi connectivity index (χ1n) is 8.22. The van der Waals surface area contributed by atoms with E-state index in [9.17, 15) is 9.59 Å². The third-order valence-corrected chi connectivity index (χ3v) is 3.64. The highest BCUT2D eigenvalue weighted by molar-refractivity contribution is 6.05. The fourth-order valence-electron chi connectivity index (χ4n) is 2.26. The van der Waals surface area contributed by atoms with Gasteiger partial charge in [0, 0.05) is 24.0 Å². The Bertz CT molecular complexity index is 726. The van der Waals surface area contributed by atoms with E-state index in [-0.39, 0.29) is 11.7 Å². The van der Waals surface area contributed by atoms with Crippen molar-refractivity contribution in [2.24, 2.45) is 0 Å². The summed E-state index contributed by atoms with van der Waals surface area (Å²) in [7, 11) is 4.08. The predicted octanol–water partition coefficient (Wildman–Crippen LogP) is 2.90. The number of nitrogens with one attached hydrogen (secondary N) is 2. The molecule has 0 fully saturated rings. The maximum atomic E-state index is 12.3. The van der Waals surface area contributed by atoms with Gasteiger partial charge in [0.1, 0.15) is 5.82 Å². The summed E-state index contributed by atoms with van der Waals surface area (Å²) in [6.45, 7) is 3.33. The normalized spacial score (nSPS) is 10.6. The number of nitrogens with zero attached hydrogens (tertiary/aromatic N) is 2. The summed E-state index contributed by atoms with van der Waals surface area (Å²) in [6.07, 6.45) is 2.56. The largest absolute Gasteiger partial charge is 0.370 e. The molecule has 6 nitrogen and oxygen atoms in total. The lowest BCUT2D eigenvalue weighted by molar-refractivity contribution is 0.101. The molecule has 6 heteroatoms. The highest BCUT2D eigenvalue weighted by atomic mass is 16.1. The summed E-state index contributed by atoms with van der Waals surface area (Å²) >= 11 is 0. The first-order valence-corrected chi connectivity index (χ1v) is 8.22. The maximum absolute atomic E-state index is 12.3. The molecule has 0 aliphatic carbocycles. The van der Waals surface area contributed by atoms with Gasteiger partial charge in [-0.3, -0.25) is 9.59 Å². The van der Waals surface area contributed by atoms with E-state index >= 15 is 0 Å². The summed E-state index contributed by atoms with van der Waals surface area (Å²) in [4.78, 5) is 30.1. The monoisotopic (exact) mass is 340 g/mol. The van der Waals surface area contributed by atoms with E-state index in [1.165, 1.54) is 6.92 Å². The number of anilines is 2. The average Bonchev–Trinajstić information content (AvgIpc) is 2.59. The van der Waals surface area contributed by atoms with Gasteiger partial charge in [-0.05, 0) is 58.3 Å². The fourth-order valence-corrected chi connectivity index (χ4v) is 2.26. The van der Waals surface area contributed by atoms with Crippen LogP contribution in [0.25, 0.3) is 0 Å². The van der Waals surface area contributed by atoms with E-state index in [1.807, 2.05) is 14.1 Å². The molecule has 0 spiro atoms. The minimum atomic E-state index is -0.257. The molecule has 1 amide bonds. The van der Waals surface area contributed by atoms with Crippen LogP contribution < -0.4 is 10.6 Å². The molecule has 0 bridgehead atoms. The smallest absolute Gasteiger partial charge is 0.257 e. The summed E-state index contributed by atoms with van der Waals surface area (Å²) < 4.78 is 0. The number of ketones is 1. The number of rotatable bonds is 8. The predicted molar refractivity (Wildman–Crippen MR) is 100 cm³/mol. The van der Waals surface area contributed by atoms with Crippen molar-refractivity contribution >= 4 is 23.2 Å². The van der Waals surface area contributed by atoms with Crippen LogP contribution in [-0.4, -0.2) is 48.8 Å². The number of aromatic nitrogens is 1. The van der Waals surface area contributed by atoms with Gasteiger partial charge in [-0.2, -0.15) is 0 Å². The second-order valence-electron chi connectivity index (χ2n) is 6.11. The average molecular weight is 340 g/mol. The van der Waals surface area contributed by atoms with Crippen molar-refractivity contribution in [3.05, 3.63) is 53.7 Å². The Hall–Kier alpha value is -2.73. The molecule has 2 aromatic rings. The van der Waals surface area contributed by atoms with Crippen LogP contribution in [0, 0.1) is 0 Å². The summed E-state index contributed by atoms with van der Waals surface area (Å²) in [5.41, 5.74) is 1.61. The molecule has 0 radical (unpaired) electrons. The zero-order valence-corrected chi connectivity index (χ0v) is 14.9. The van der Waals surface area contributed by atoms with Crippen LogP contribution in [0.1, 0.15) is 34.1 Å². The quantitative estimate of drug-likeness (QED) is 0.571. The highest BCUT2D eigenvalue weighted by Crippen LogP contribution is 2.13. The number of pyridine rings is 1. The number of benzene rings is 1. The Kier molecular flexibility index (Phi) is 6.65. The molecule has 1 aromatic carbocycles. The van der Waals surface area contributed by atoms with Crippen LogP contribution in [0.4, 0.5) is 11.5 Å². The minimum absolute atomic E-state index is 0.0394. The standard InChI is InChI=1S/C19H24N4O2/c1-14(24)15-6-4-7-17(12-15)22-19(25)16-8-9-18(21-13-16)20-10-5-11-23(2)3/h4,6-9,12-13H,5,10-11H2,1-3H3,(H,20,21)(H,22,25). The lowest BCUT2D eigenvalue weighted by atomic mass is 10.1. The molecular formula is C19H24N4O2. The molecule has 1 heterocycles. The first kappa shape index (κ1) is 18.6. The Morgan fingerprint density at radius 2 is 1.92 bits per heavy atom. The van der Waals surface area contributed by atoms with Crippen molar-refractivity contribution in [1.29, 1.82) is 0 Å². The first-order chi connectivity index (χ1) is 12.0. The number of hydrogen-bond donors (Lipinski definition) is 2. The van der Waals surface area contributed by atoms with Crippen molar-refractivity contribution in [1.82, 2.24) is 9.88 Å². The van der Waals surface area contributed by atoms with Crippen molar-refractivity contribution in [3.63, 3.8) is 0 Å². The van der Waals surface area contributed by atoms with Gasteiger partial charge in [-0.1, -0.05) is 12.1 Å². The number of hydrogen-bond acceptors (Lipinski definition) is 5. The van der Waals surface area contributed by atoms with Gasteiger partial charge in [-0.25, -0.2) is 4.98 Å². The van der Waals surface area contributed by atoms with E-state index < -0.39 is 0 Å². The number of carbonyl (C=O) groups excluding carboxylic acids is 2. The van der Waals surface area contributed by atoms with Crippen LogP contribution >= 0.6 is 0 Å². The number of amides is 1. The number of Topliss-reactive ketones (excluding diaryl/α,β-unsaturated/α-hetero) is 1. The molecule has 0 aliphatic heterocycles. The van der Waals surface area contributed by atoms with Gasteiger partial charge >= 0.3 is 0 Å². The van der Waals surface area contributed by atoms with Crippen molar-refractivity contribution in [2.45, 2.75) is 13.3 Å². The third kappa shape index (κ3) is 6.00. The molecule has 0 saturated heterocycles. The highest BCUT2D eigenvalue weighted by Gasteiger charge is 2.08. The Balaban J connectivity index is 1.92. The van der Waals surface area contributed by atoms with E-state index in [0.717, 1.165) is 25.3 Å². The lowest BCUT2D eigenvalue weighted by Gasteiger charge is -2.10. The van der Waals surface area contributed by atoms with Crippen molar-refractivity contribution < 1.29 is 9.59 Å². The van der Waals surface area contributed by atoms with E-state index in [1.54, 1.807) is 42.6 Å². The van der Waals surface area contributed by atoms with Crippen LogP contribution in [0.15, 0.2) is 42.6 Å².